The number of ether oxygens (including phenoxy) is 2. The molecule has 2 aromatic rings. The molecule has 2 amide bonds. The summed E-state index contributed by atoms with van der Waals surface area (Å²) in [6.07, 6.45) is 0.0468. The highest BCUT2D eigenvalue weighted by atomic mass is 35.5. The van der Waals surface area contributed by atoms with Crippen molar-refractivity contribution < 1.29 is 19.1 Å². The molecule has 0 saturated carbocycles. The minimum Gasteiger partial charge on any atom is -0.490 e. The molecule has 0 atom stereocenters. The number of amides is 2. The highest BCUT2D eigenvalue weighted by Crippen LogP contribution is 2.26. The molecule has 0 saturated heterocycles. The molecular formula is C18H18Cl2N2O4. The normalized spacial score (nSPS) is 10.1. The number of nitrogens with one attached hydrogen (secondary N) is 2. The minimum absolute atomic E-state index is 0.0468. The van der Waals surface area contributed by atoms with E-state index in [2.05, 4.69) is 10.9 Å². The summed E-state index contributed by atoms with van der Waals surface area (Å²) in [4.78, 5) is 23.7. The Balaban J connectivity index is 1.78. The Morgan fingerprint density at radius 1 is 0.923 bits per heavy atom. The van der Waals surface area contributed by atoms with Crippen LogP contribution in [0.5, 0.6) is 11.5 Å². The lowest BCUT2D eigenvalue weighted by atomic mass is 10.1. The zero-order valence-electron chi connectivity index (χ0n) is 14.1. The number of hydrazine groups is 1. The zero-order valence-corrected chi connectivity index (χ0v) is 15.6. The fourth-order valence-electron chi connectivity index (χ4n) is 2.04. The Labute approximate surface area is 161 Å². The number of hydrogen-bond acceptors (Lipinski definition) is 4. The molecule has 0 heterocycles. The lowest BCUT2D eigenvalue weighted by Gasteiger charge is -2.12. The molecule has 138 valence electrons. The van der Waals surface area contributed by atoms with E-state index in [0.717, 1.165) is 0 Å². The van der Waals surface area contributed by atoms with Crippen LogP contribution in [0.2, 0.25) is 10.0 Å². The number of carbonyl (C=O) groups is 2. The van der Waals surface area contributed by atoms with Gasteiger partial charge < -0.3 is 9.47 Å². The van der Waals surface area contributed by atoms with Gasteiger partial charge in [0.2, 0.25) is 5.91 Å². The second kappa shape index (κ2) is 9.89. The number of hydrogen-bond donors (Lipinski definition) is 2. The van der Waals surface area contributed by atoms with Crippen molar-refractivity contribution in [2.45, 2.75) is 13.3 Å². The quantitative estimate of drug-likeness (QED) is 0.704. The third kappa shape index (κ3) is 6.13. The van der Waals surface area contributed by atoms with Crippen molar-refractivity contribution in [3.63, 3.8) is 0 Å². The molecule has 0 radical (unpaired) electrons. The molecule has 0 aliphatic rings. The molecule has 0 aliphatic carbocycles. The van der Waals surface area contributed by atoms with Gasteiger partial charge in [0, 0.05) is 0 Å². The van der Waals surface area contributed by atoms with Crippen molar-refractivity contribution >= 4 is 35.0 Å². The van der Waals surface area contributed by atoms with E-state index in [4.69, 9.17) is 32.7 Å². The first-order chi connectivity index (χ1) is 12.5. The van der Waals surface area contributed by atoms with Crippen LogP contribution in [0, 0.1) is 0 Å². The van der Waals surface area contributed by atoms with Crippen LogP contribution in [0.25, 0.3) is 0 Å². The van der Waals surface area contributed by atoms with Crippen LogP contribution in [0.4, 0.5) is 0 Å². The van der Waals surface area contributed by atoms with Gasteiger partial charge in [0.25, 0.3) is 5.91 Å². The molecule has 0 spiro atoms. The van der Waals surface area contributed by atoms with E-state index in [0.29, 0.717) is 33.7 Å². The Hall–Kier alpha value is -2.44. The van der Waals surface area contributed by atoms with Crippen LogP contribution < -0.4 is 20.3 Å². The van der Waals surface area contributed by atoms with Gasteiger partial charge in [-0.25, -0.2) is 0 Å². The molecular weight excluding hydrogens is 379 g/mol. The lowest BCUT2D eigenvalue weighted by Crippen LogP contribution is -2.44. The summed E-state index contributed by atoms with van der Waals surface area (Å²) >= 11 is 11.7. The maximum absolute atomic E-state index is 11.9. The smallest absolute Gasteiger partial charge is 0.276 e. The fraction of sp³-hybridized carbons (Fsp3) is 0.222. The summed E-state index contributed by atoms with van der Waals surface area (Å²) in [5, 5.41) is 0.774. The van der Waals surface area contributed by atoms with E-state index >= 15 is 0 Å². The zero-order chi connectivity index (χ0) is 18.9. The van der Waals surface area contributed by atoms with E-state index in [-0.39, 0.29) is 13.0 Å². The van der Waals surface area contributed by atoms with Crippen LogP contribution in [-0.2, 0) is 16.0 Å². The van der Waals surface area contributed by atoms with E-state index < -0.39 is 11.8 Å². The van der Waals surface area contributed by atoms with Crippen LogP contribution in [0.1, 0.15) is 12.5 Å². The SMILES string of the molecule is CCOc1ccccc1OCC(=O)NNC(=O)Cc1ccc(Cl)c(Cl)c1. The Morgan fingerprint density at radius 2 is 1.58 bits per heavy atom. The van der Waals surface area contributed by atoms with E-state index in [9.17, 15) is 9.59 Å². The van der Waals surface area contributed by atoms with Gasteiger partial charge in [-0.2, -0.15) is 0 Å². The molecule has 0 bridgehead atoms. The van der Waals surface area contributed by atoms with Crippen molar-refractivity contribution in [3.05, 3.63) is 58.1 Å². The molecule has 2 N–H and O–H groups in total. The van der Waals surface area contributed by atoms with Gasteiger partial charge in [-0.15, -0.1) is 0 Å². The summed E-state index contributed by atoms with van der Waals surface area (Å²) in [6, 6.07) is 11.9. The fourth-order valence-corrected chi connectivity index (χ4v) is 2.36. The van der Waals surface area contributed by atoms with E-state index in [1.54, 1.807) is 42.5 Å². The largest absolute Gasteiger partial charge is 0.490 e. The average molecular weight is 397 g/mol. The second-order valence-corrected chi connectivity index (χ2v) is 6.00. The number of carbonyl (C=O) groups excluding carboxylic acids is 2. The summed E-state index contributed by atoms with van der Waals surface area (Å²) < 4.78 is 10.8. The number of halogens is 2. The van der Waals surface area contributed by atoms with Crippen molar-refractivity contribution in [1.82, 2.24) is 10.9 Å². The molecule has 0 unspecified atom stereocenters. The highest BCUT2D eigenvalue weighted by Gasteiger charge is 2.10. The second-order valence-electron chi connectivity index (χ2n) is 5.19. The topological polar surface area (TPSA) is 76.7 Å². The Morgan fingerprint density at radius 3 is 2.23 bits per heavy atom. The summed E-state index contributed by atoms with van der Waals surface area (Å²) in [5.41, 5.74) is 5.28. The Bertz CT molecular complexity index is 784. The predicted molar refractivity (Wildman–Crippen MR) is 99.6 cm³/mol. The van der Waals surface area contributed by atoms with Crippen LogP contribution in [0.3, 0.4) is 0 Å². The van der Waals surface area contributed by atoms with E-state index in [1.807, 2.05) is 6.92 Å². The molecule has 8 heteroatoms. The molecule has 2 rings (SSSR count). The van der Waals surface area contributed by atoms with Crippen LogP contribution in [0.15, 0.2) is 42.5 Å². The van der Waals surface area contributed by atoms with Crippen molar-refractivity contribution in [2.75, 3.05) is 13.2 Å². The molecule has 6 nitrogen and oxygen atoms in total. The van der Waals surface area contributed by atoms with Gasteiger partial charge >= 0.3 is 0 Å². The van der Waals surface area contributed by atoms with Gasteiger partial charge in [-0.05, 0) is 36.8 Å². The number of benzene rings is 2. The maximum Gasteiger partial charge on any atom is 0.276 e. The highest BCUT2D eigenvalue weighted by molar-refractivity contribution is 6.42. The lowest BCUT2D eigenvalue weighted by molar-refractivity contribution is -0.129. The monoisotopic (exact) mass is 396 g/mol. The molecule has 0 fully saturated rings. The minimum atomic E-state index is -0.501. The van der Waals surface area contributed by atoms with Gasteiger partial charge in [-0.1, -0.05) is 41.4 Å². The van der Waals surface area contributed by atoms with Crippen LogP contribution >= 0.6 is 23.2 Å². The van der Waals surface area contributed by atoms with Crippen molar-refractivity contribution in [3.8, 4) is 11.5 Å². The first-order valence-electron chi connectivity index (χ1n) is 7.85. The first-order valence-corrected chi connectivity index (χ1v) is 8.61. The third-order valence-corrected chi connectivity index (χ3v) is 3.94. The summed E-state index contributed by atoms with van der Waals surface area (Å²) in [6.45, 7) is 2.07. The van der Waals surface area contributed by atoms with Gasteiger partial charge in [0.1, 0.15) is 0 Å². The third-order valence-electron chi connectivity index (χ3n) is 3.20. The van der Waals surface area contributed by atoms with Crippen LogP contribution in [-0.4, -0.2) is 25.0 Å². The molecule has 2 aromatic carbocycles. The number of para-hydroxylation sites is 2. The van der Waals surface area contributed by atoms with Gasteiger partial charge in [0.15, 0.2) is 18.1 Å². The average Bonchev–Trinajstić information content (AvgIpc) is 2.62. The van der Waals surface area contributed by atoms with Crippen molar-refractivity contribution in [1.29, 1.82) is 0 Å². The molecule has 0 aromatic heterocycles. The standard InChI is InChI=1S/C18H18Cl2N2O4/c1-2-25-15-5-3-4-6-16(15)26-11-18(24)22-21-17(23)10-12-7-8-13(19)14(20)9-12/h3-9H,2,10-11H2,1H3,(H,21,23)(H,22,24). The summed E-state index contributed by atoms with van der Waals surface area (Å²) in [5.74, 6) is 0.100. The summed E-state index contributed by atoms with van der Waals surface area (Å²) in [7, 11) is 0. The maximum atomic E-state index is 11.9. The predicted octanol–water partition coefficient (Wildman–Crippen LogP) is 3.16. The van der Waals surface area contributed by atoms with Crippen molar-refractivity contribution in [2.24, 2.45) is 0 Å². The van der Waals surface area contributed by atoms with Gasteiger partial charge in [-0.3, -0.25) is 20.4 Å². The Kier molecular flexibility index (Phi) is 7.56. The number of rotatable bonds is 7. The molecule has 26 heavy (non-hydrogen) atoms. The van der Waals surface area contributed by atoms with Gasteiger partial charge in [0.05, 0.1) is 23.1 Å². The van der Waals surface area contributed by atoms with E-state index in [1.165, 1.54) is 0 Å². The first kappa shape index (κ1) is 19.9. The molecule has 0 aliphatic heterocycles.